The number of rotatable bonds is 4. The molecule has 0 aliphatic heterocycles. The molecule has 0 bridgehead atoms. The van der Waals surface area contributed by atoms with Crippen LogP contribution in [0.3, 0.4) is 0 Å². The van der Waals surface area contributed by atoms with Crippen LogP contribution in [0.1, 0.15) is 5.56 Å². The number of aromatic nitrogens is 4. The Morgan fingerprint density at radius 3 is 2.95 bits per heavy atom. The molecule has 3 N–H and O–H groups in total. The topological polar surface area (TPSA) is 145 Å². The zero-order valence-corrected chi connectivity index (χ0v) is 11.0. The first-order valence-electron chi connectivity index (χ1n) is 5.17. The van der Waals surface area contributed by atoms with Gasteiger partial charge in [0.2, 0.25) is 0 Å². The van der Waals surface area contributed by atoms with Gasteiger partial charge < -0.3 is 15.5 Å². The first-order valence-corrected chi connectivity index (χ1v) is 5.98. The molecular formula is C9H9N7O3S. The maximum absolute atomic E-state index is 10.7. The molecule has 104 valence electrons. The summed E-state index contributed by atoms with van der Waals surface area (Å²) in [4.78, 5) is 14.1. The summed E-state index contributed by atoms with van der Waals surface area (Å²) < 4.78 is 1.64. The van der Waals surface area contributed by atoms with E-state index in [4.69, 9.17) is 10.9 Å². The van der Waals surface area contributed by atoms with Gasteiger partial charge >= 0.3 is 0 Å². The fourth-order valence-corrected chi connectivity index (χ4v) is 2.14. The number of nitrogens with zero attached hydrogens (tertiary/aromatic N) is 6. The van der Waals surface area contributed by atoms with Gasteiger partial charge in [-0.05, 0) is 11.8 Å². The zero-order valence-electron chi connectivity index (χ0n) is 10.2. The van der Waals surface area contributed by atoms with Gasteiger partial charge in [-0.2, -0.15) is 0 Å². The Morgan fingerprint density at radius 2 is 2.40 bits per heavy atom. The molecule has 0 unspecified atom stereocenters. The number of hydrogen-bond donors (Lipinski definition) is 2. The molecule has 0 aromatic carbocycles. The van der Waals surface area contributed by atoms with Crippen LogP contribution in [0.2, 0.25) is 0 Å². The number of oxime groups is 1. The van der Waals surface area contributed by atoms with Crippen molar-refractivity contribution in [2.75, 3.05) is 0 Å². The average Bonchev–Trinajstić information content (AvgIpc) is 2.83. The van der Waals surface area contributed by atoms with Gasteiger partial charge in [0.1, 0.15) is 17.6 Å². The van der Waals surface area contributed by atoms with Crippen molar-refractivity contribution >= 4 is 23.3 Å². The lowest BCUT2D eigenvalue weighted by Gasteiger charge is -2.06. The molecule has 20 heavy (non-hydrogen) atoms. The summed E-state index contributed by atoms with van der Waals surface area (Å²) in [5, 5.41) is 30.7. The molecule has 0 fully saturated rings. The molecule has 0 saturated carbocycles. The predicted molar refractivity (Wildman–Crippen MR) is 68.5 cm³/mol. The highest BCUT2D eigenvalue weighted by Crippen LogP contribution is 2.28. The van der Waals surface area contributed by atoms with E-state index < -0.39 is 4.92 Å². The summed E-state index contributed by atoms with van der Waals surface area (Å²) in [7, 11) is 1.73. The van der Waals surface area contributed by atoms with Crippen LogP contribution in [0.15, 0.2) is 33.9 Å². The minimum Gasteiger partial charge on any atom is -0.409 e. The molecular weight excluding hydrogens is 286 g/mol. The Bertz CT molecular complexity index is 684. The van der Waals surface area contributed by atoms with E-state index in [9.17, 15) is 10.1 Å². The molecule has 0 spiro atoms. The Labute approximate surface area is 116 Å². The lowest BCUT2D eigenvalue weighted by molar-refractivity contribution is -0.385. The molecule has 0 aliphatic carbocycles. The molecule has 0 amide bonds. The number of nitro groups is 1. The first-order chi connectivity index (χ1) is 9.52. The van der Waals surface area contributed by atoms with Gasteiger partial charge in [0.25, 0.3) is 5.69 Å². The lowest BCUT2D eigenvalue weighted by Crippen LogP contribution is -2.15. The van der Waals surface area contributed by atoms with E-state index in [1.165, 1.54) is 12.4 Å². The summed E-state index contributed by atoms with van der Waals surface area (Å²) >= 11 is 1.10. The van der Waals surface area contributed by atoms with Crippen molar-refractivity contribution in [3.8, 4) is 0 Å². The summed E-state index contributed by atoms with van der Waals surface area (Å²) in [6.45, 7) is 0. The van der Waals surface area contributed by atoms with Crippen LogP contribution in [-0.2, 0) is 7.05 Å². The number of hydrogen-bond acceptors (Lipinski definition) is 8. The predicted octanol–water partition coefficient (Wildman–Crippen LogP) is 0.364. The van der Waals surface area contributed by atoms with Crippen LogP contribution in [-0.4, -0.2) is 35.7 Å². The van der Waals surface area contributed by atoms with Crippen LogP contribution < -0.4 is 5.73 Å². The fraction of sp³-hybridized carbons (Fsp3) is 0.111. The van der Waals surface area contributed by atoms with Crippen LogP contribution >= 0.6 is 11.8 Å². The lowest BCUT2D eigenvalue weighted by atomic mass is 10.2. The van der Waals surface area contributed by atoms with Crippen LogP contribution in [0, 0.1) is 10.1 Å². The van der Waals surface area contributed by atoms with E-state index in [2.05, 4.69) is 20.3 Å². The monoisotopic (exact) mass is 295 g/mol. The largest absolute Gasteiger partial charge is 0.409 e. The van der Waals surface area contributed by atoms with Crippen molar-refractivity contribution in [2.45, 2.75) is 10.2 Å². The molecule has 10 nitrogen and oxygen atoms in total. The normalized spacial score (nSPS) is 11.6. The second kappa shape index (κ2) is 5.52. The Hall–Kier alpha value is -2.69. The van der Waals surface area contributed by atoms with Crippen molar-refractivity contribution in [3.63, 3.8) is 0 Å². The van der Waals surface area contributed by atoms with E-state index in [1.54, 1.807) is 11.6 Å². The third-order valence-corrected chi connectivity index (χ3v) is 3.36. The second-order valence-electron chi connectivity index (χ2n) is 3.62. The summed E-state index contributed by atoms with van der Waals surface area (Å²) in [5.41, 5.74) is 5.40. The van der Waals surface area contributed by atoms with Gasteiger partial charge in [0.05, 0.1) is 10.5 Å². The summed E-state index contributed by atoms with van der Waals surface area (Å²) in [6.07, 6.45) is 2.59. The quantitative estimate of drug-likeness (QED) is 0.270. The molecule has 0 radical (unpaired) electrons. The van der Waals surface area contributed by atoms with Gasteiger partial charge in [-0.3, -0.25) is 10.1 Å². The van der Waals surface area contributed by atoms with Crippen molar-refractivity contribution in [1.82, 2.24) is 19.7 Å². The first kappa shape index (κ1) is 13.7. The van der Waals surface area contributed by atoms with E-state index in [0.29, 0.717) is 10.2 Å². The highest BCUT2D eigenvalue weighted by Gasteiger charge is 2.18. The Balaban J connectivity index is 2.47. The Kier molecular flexibility index (Phi) is 3.79. The van der Waals surface area contributed by atoms with Gasteiger partial charge in [-0.25, -0.2) is 4.98 Å². The van der Waals surface area contributed by atoms with E-state index >= 15 is 0 Å². The molecule has 2 heterocycles. The SMILES string of the molecule is Cn1cnnc1Sc1ncc([N+](=O)[O-])cc1C(N)=NO. The van der Waals surface area contributed by atoms with Crippen LogP contribution in [0.4, 0.5) is 5.69 Å². The third-order valence-electron chi connectivity index (χ3n) is 2.29. The minimum atomic E-state index is -0.613. The molecule has 2 aromatic heterocycles. The standard InChI is InChI=1S/C9H9N7O3S/c1-15-4-12-13-9(15)20-8-6(7(10)14-17)2-5(3-11-8)16(18)19/h2-4,17H,1H3,(H2,10,14). The molecule has 0 aliphatic rings. The fourth-order valence-electron chi connectivity index (χ4n) is 1.31. The van der Waals surface area contributed by atoms with E-state index in [0.717, 1.165) is 18.0 Å². The van der Waals surface area contributed by atoms with Gasteiger partial charge in [0.15, 0.2) is 11.0 Å². The zero-order chi connectivity index (χ0) is 14.7. The smallest absolute Gasteiger partial charge is 0.288 e. The number of aryl methyl sites for hydroxylation is 1. The van der Waals surface area contributed by atoms with Gasteiger partial charge in [-0.15, -0.1) is 10.2 Å². The maximum atomic E-state index is 10.7. The third kappa shape index (κ3) is 2.66. The number of pyridine rings is 1. The highest BCUT2D eigenvalue weighted by atomic mass is 32.2. The van der Waals surface area contributed by atoms with Crippen LogP contribution in [0.25, 0.3) is 0 Å². The van der Waals surface area contributed by atoms with Crippen LogP contribution in [0.5, 0.6) is 0 Å². The van der Waals surface area contributed by atoms with Gasteiger partial charge in [-0.1, -0.05) is 5.16 Å². The minimum absolute atomic E-state index is 0.148. The molecule has 2 rings (SSSR count). The van der Waals surface area contributed by atoms with E-state index in [-0.39, 0.29) is 17.1 Å². The van der Waals surface area contributed by atoms with Crippen molar-refractivity contribution in [1.29, 1.82) is 0 Å². The molecule has 11 heteroatoms. The van der Waals surface area contributed by atoms with Gasteiger partial charge in [0, 0.05) is 13.1 Å². The van der Waals surface area contributed by atoms with E-state index in [1.807, 2.05) is 0 Å². The summed E-state index contributed by atoms with van der Waals surface area (Å²) in [6, 6.07) is 1.18. The second-order valence-corrected chi connectivity index (χ2v) is 4.57. The number of nitrogens with two attached hydrogens (primary N) is 1. The maximum Gasteiger partial charge on any atom is 0.288 e. The summed E-state index contributed by atoms with van der Waals surface area (Å²) in [5.74, 6) is -0.272. The molecule has 0 saturated heterocycles. The Morgan fingerprint density at radius 1 is 1.65 bits per heavy atom. The average molecular weight is 295 g/mol. The molecule has 0 atom stereocenters. The van der Waals surface area contributed by atoms with Crippen molar-refractivity contribution in [3.05, 3.63) is 34.3 Å². The van der Waals surface area contributed by atoms with Crippen molar-refractivity contribution in [2.24, 2.45) is 17.9 Å². The highest BCUT2D eigenvalue weighted by molar-refractivity contribution is 7.99. The van der Waals surface area contributed by atoms with Crippen molar-refractivity contribution < 1.29 is 10.1 Å². The number of amidine groups is 1. The molecule has 2 aromatic rings.